The molecule has 1 aromatic rings. The molecule has 0 fully saturated rings. The zero-order chi connectivity index (χ0) is 12.4. The first-order chi connectivity index (χ1) is 7.76. The molecule has 0 aromatic heterocycles. The molecule has 1 unspecified atom stereocenters. The second-order valence-electron chi connectivity index (χ2n) is 3.21. The summed E-state index contributed by atoms with van der Waals surface area (Å²) in [6.07, 6.45) is 2.22. The molecule has 3 heteroatoms. The Labute approximate surface area is 105 Å². The van der Waals surface area contributed by atoms with Gasteiger partial charge in [-0.3, -0.25) is 0 Å². The first kappa shape index (κ1) is 15.3. The molecule has 0 amide bonds. The molecule has 0 aliphatic carbocycles. The number of rotatable bonds is 5. The third-order valence-corrected chi connectivity index (χ3v) is 2.23. The molecule has 0 saturated heterocycles. The monoisotopic (exact) mass is 241 g/mol. The van der Waals surface area contributed by atoms with Crippen LogP contribution < -0.4 is 10.5 Å². The lowest BCUT2D eigenvalue weighted by atomic mass is 10.1. The maximum atomic E-state index is 5.49. The Hall–Kier alpha value is -0.670. The van der Waals surface area contributed by atoms with E-state index in [4.69, 9.17) is 10.5 Å². The van der Waals surface area contributed by atoms with Crippen molar-refractivity contribution >= 4 is 12.6 Å². The van der Waals surface area contributed by atoms with Crippen LogP contribution in [0.3, 0.4) is 0 Å². The SMILES string of the molecule is CC.CCCc1cccc(OC(S)CN)c1. The second kappa shape index (κ2) is 9.55. The predicted octanol–water partition coefficient (Wildman–Crippen LogP) is 3.26. The molecular weight excluding hydrogens is 218 g/mol. The molecular formula is C13H23NOS. The van der Waals surface area contributed by atoms with Crippen LogP contribution in [0.4, 0.5) is 0 Å². The molecule has 16 heavy (non-hydrogen) atoms. The third-order valence-electron chi connectivity index (χ3n) is 1.91. The van der Waals surface area contributed by atoms with Crippen molar-refractivity contribution in [3.05, 3.63) is 29.8 Å². The van der Waals surface area contributed by atoms with Gasteiger partial charge < -0.3 is 10.5 Å². The Morgan fingerprint density at radius 1 is 1.38 bits per heavy atom. The van der Waals surface area contributed by atoms with Crippen LogP contribution in [0, 0.1) is 0 Å². The highest BCUT2D eigenvalue weighted by Gasteiger charge is 2.02. The average molecular weight is 241 g/mol. The highest BCUT2D eigenvalue weighted by molar-refractivity contribution is 7.80. The van der Waals surface area contributed by atoms with Gasteiger partial charge in [-0.15, -0.1) is 12.6 Å². The number of nitrogens with two attached hydrogens (primary N) is 1. The van der Waals surface area contributed by atoms with E-state index in [-0.39, 0.29) is 5.44 Å². The molecule has 92 valence electrons. The second-order valence-corrected chi connectivity index (χ2v) is 3.78. The van der Waals surface area contributed by atoms with Gasteiger partial charge in [-0.05, 0) is 24.1 Å². The van der Waals surface area contributed by atoms with Crippen molar-refractivity contribution in [3.8, 4) is 5.75 Å². The van der Waals surface area contributed by atoms with Gasteiger partial charge >= 0.3 is 0 Å². The summed E-state index contributed by atoms with van der Waals surface area (Å²) in [4.78, 5) is 0. The Bertz CT molecular complexity index is 278. The van der Waals surface area contributed by atoms with E-state index in [0.29, 0.717) is 6.54 Å². The summed E-state index contributed by atoms with van der Waals surface area (Å²) in [5.74, 6) is 0.849. The van der Waals surface area contributed by atoms with E-state index < -0.39 is 0 Å². The molecule has 1 rings (SSSR count). The minimum Gasteiger partial charge on any atom is -0.479 e. The lowest BCUT2D eigenvalue weighted by Crippen LogP contribution is -2.20. The Morgan fingerprint density at radius 3 is 2.62 bits per heavy atom. The summed E-state index contributed by atoms with van der Waals surface area (Å²) < 4.78 is 5.49. The van der Waals surface area contributed by atoms with Crippen molar-refractivity contribution < 1.29 is 4.74 Å². The molecule has 0 aliphatic heterocycles. The fourth-order valence-electron chi connectivity index (χ4n) is 1.27. The smallest absolute Gasteiger partial charge is 0.153 e. The topological polar surface area (TPSA) is 35.2 Å². The highest BCUT2D eigenvalue weighted by atomic mass is 32.1. The van der Waals surface area contributed by atoms with Gasteiger partial charge in [-0.25, -0.2) is 0 Å². The molecule has 0 heterocycles. The van der Waals surface area contributed by atoms with Crippen LogP contribution in [0.15, 0.2) is 24.3 Å². The maximum absolute atomic E-state index is 5.49. The minimum atomic E-state index is -0.216. The summed E-state index contributed by atoms with van der Waals surface area (Å²) in [5.41, 5.74) is 6.49. The van der Waals surface area contributed by atoms with Crippen molar-refractivity contribution in [1.82, 2.24) is 0 Å². The molecule has 0 aliphatic rings. The van der Waals surface area contributed by atoms with Gasteiger partial charge in [-0.1, -0.05) is 39.3 Å². The fraction of sp³-hybridized carbons (Fsp3) is 0.538. The van der Waals surface area contributed by atoms with Gasteiger partial charge in [0.1, 0.15) is 5.75 Å². The lowest BCUT2D eigenvalue weighted by Gasteiger charge is -2.12. The van der Waals surface area contributed by atoms with E-state index in [1.807, 2.05) is 32.0 Å². The Morgan fingerprint density at radius 2 is 2.06 bits per heavy atom. The number of aryl methyl sites for hydroxylation is 1. The van der Waals surface area contributed by atoms with E-state index >= 15 is 0 Å². The number of hydrogen-bond acceptors (Lipinski definition) is 3. The molecule has 1 atom stereocenters. The normalized spacial score (nSPS) is 11.3. The molecule has 0 bridgehead atoms. The van der Waals surface area contributed by atoms with E-state index in [0.717, 1.165) is 18.6 Å². The largest absolute Gasteiger partial charge is 0.479 e. The number of thiol groups is 1. The van der Waals surface area contributed by atoms with Crippen LogP contribution in [0.2, 0.25) is 0 Å². The van der Waals surface area contributed by atoms with Crippen molar-refractivity contribution in [3.63, 3.8) is 0 Å². The van der Waals surface area contributed by atoms with Crippen LogP contribution in [-0.4, -0.2) is 12.0 Å². The van der Waals surface area contributed by atoms with Crippen LogP contribution >= 0.6 is 12.6 Å². The summed E-state index contributed by atoms with van der Waals surface area (Å²) in [5, 5.41) is 0. The summed E-state index contributed by atoms with van der Waals surface area (Å²) >= 11 is 4.18. The quantitative estimate of drug-likeness (QED) is 0.613. The van der Waals surface area contributed by atoms with E-state index in [2.05, 4.69) is 25.6 Å². The zero-order valence-electron chi connectivity index (χ0n) is 10.4. The molecule has 0 spiro atoms. The summed E-state index contributed by atoms with van der Waals surface area (Å²) in [6, 6.07) is 8.07. The van der Waals surface area contributed by atoms with Gasteiger partial charge in [0.25, 0.3) is 0 Å². The number of benzene rings is 1. The minimum absolute atomic E-state index is 0.216. The molecule has 0 radical (unpaired) electrons. The molecule has 2 nitrogen and oxygen atoms in total. The average Bonchev–Trinajstić information content (AvgIpc) is 2.32. The lowest BCUT2D eigenvalue weighted by molar-refractivity contribution is 0.297. The van der Waals surface area contributed by atoms with Crippen molar-refractivity contribution in [1.29, 1.82) is 0 Å². The van der Waals surface area contributed by atoms with Gasteiger partial charge in [0.05, 0.1) is 0 Å². The van der Waals surface area contributed by atoms with E-state index in [1.165, 1.54) is 5.56 Å². The van der Waals surface area contributed by atoms with Crippen LogP contribution in [-0.2, 0) is 6.42 Å². The maximum Gasteiger partial charge on any atom is 0.153 e. The number of ether oxygens (including phenoxy) is 1. The summed E-state index contributed by atoms with van der Waals surface area (Å²) in [7, 11) is 0. The van der Waals surface area contributed by atoms with Crippen molar-refractivity contribution in [2.45, 2.75) is 39.0 Å². The van der Waals surface area contributed by atoms with Crippen molar-refractivity contribution in [2.24, 2.45) is 5.73 Å². The first-order valence-electron chi connectivity index (χ1n) is 5.90. The molecule has 0 saturated carbocycles. The molecule has 2 N–H and O–H groups in total. The van der Waals surface area contributed by atoms with Gasteiger partial charge in [0.2, 0.25) is 0 Å². The van der Waals surface area contributed by atoms with Crippen LogP contribution in [0.1, 0.15) is 32.8 Å². The van der Waals surface area contributed by atoms with E-state index in [1.54, 1.807) is 0 Å². The van der Waals surface area contributed by atoms with E-state index in [9.17, 15) is 0 Å². The van der Waals surface area contributed by atoms with Crippen LogP contribution in [0.5, 0.6) is 5.75 Å². The fourth-order valence-corrected chi connectivity index (χ4v) is 1.39. The zero-order valence-corrected chi connectivity index (χ0v) is 11.3. The van der Waals surface area contributed by atoms with Gasteiger partial charge in [0, 0.05) is 6.54 Å². The highest BCUT2D eigenvalue weighted by Crippen LogP contribution is 2.16. The Kier molecular flexibility index (Phi) is 9.15. The third kappa shape index (κ3) is 6.03. The van der Waals surface area contributed by atoms with Gasteiger partial charge in [-0.2, -0.15) is 0 Å². The summed E-state index contributed by atoms with van der Waals surface area (Å²) in [6.45, 7) is 6.58. The van der Waals surface area contributed by atoms with Crippen LogP contribution in [0.25, 0.3) is 0 Å². The predicted molar refractivity (Wildman–Crippen MR) is 74.2 cm³/mol. The van der Waals surface area contributed by atoms with Gasteiger partial charge in [0.15, 0.2) is 5.44 Å². The Balaban J connectivity index is 0.00000106. The van der Waals surface area contributed by atoms with Crippen molar-refractivity contribution in [2.75, 3.05) is 6.54 Å². The molecule has 1 aromatic carbocycles. The number of hydrogen-bond donors (Lipinski definition) is 2. The first-order valence-corrected chi connectivity index (χ1v) is 6.41. The standard InChI is InChI=1S/C11H17NOS.C2H6/c1-2-4-9-5-3-6-10(7-9)13-11(14)8-12;1-2/h3,5-7,11,14H,2,4,8,12H2,1H3;1-2H3.